The number of hydrogen-bond donors (Lipinski definition) is 0. The molecule has 2 saturated heterocycles. The zero-order valence-electron chi connectivity index (χ0n) is 17.1. The molecule has 0 saturated carbocycles. The Labute approximate surface area is 190 Å². The molecule has 0 radical (unpaired) electrons. The summed E-state index contributed by atoms with van der Waals surface area (Å²) in [4.78, 5) is 29.2. The fourth-order valence-corrected chi connectivity index (χ4v) is 4.59. The molecule has 0 bridgehead atoms. The Morgan fingerprint density at radius 2 is 1.87 bits per heavy atom. The summed E-state index contributed by atoms with van der Waals surface area (Å²) >= 11 is 6.71. The Morgan fingerprint density at radius 1 is 1.16 bits per heavy atom. The lowest BCUT2D eigenvalue weighted by Gasteiger charge is -2.26. The molecule has 2 aliphatic heterocycles. The second kappa shape index (κ2) is 9.64. The van der Waals surface area contributed by atoms with Crippen LogP contribution in [0.25, 0.3) is 6.08 Å². The van der Waals surface area contributed by atoms with Crippen molar-refractivity contribution >= 4 is 51.9 Å². The number of carbonyl (C=O) groups excluding carboxylic acids is 2. The SMILES string of the molecule is Cc1ccc(N2C(=O)/C(=C/c3ccccc3OCC(=O)N3CCOCC3)SC2=S)cc1. The van der Waals surface area contributed by atoms with Gasteiger partial charge in [0.05, 0.1) is 23.8 Å². The minimum atomic E-state index is -0.168. The summed E-state index contributed by atoms with van der Waals surface area (Å²) in [5, 5.41) is 0. The second-order valence-corrected chi connectivity index (χ2v) is 8.85. The molecule has 0 atom stereocenters. The molecule has 0 aliphatic carbocycles. The molecule has 6 nitrogen and oxygen atoms in total. The second-order valence-electron chi connectivity index (χ2n) is 7.17. The third-order valence-corrected chi connectivity index (χ3v) is 6.31. The van der Waals surface area contributed by atoms with Crippen molar-refractivity contribution < 1.29 is 19.1 Å². The van der Waals surface area contributed by atoms with Gasteiger partial charge >= 0.3 is 0 Å². The first-order chi connectivity index (χ1) is 15.0. The van der Waals surface area contributed by atoms with Crippen LogP contribution in [-0.4, -0.2) is 53.9 Å². The van der Waals surface area contributed by atoms with Gasteiger partial charge in [0, 0.05) is 18.7 Å². The van der Waals surface area contributed by atoms with Gasteiger partial charge in [-0.2, -0.15) is 0 Å². The topological polar surface area (TPSA) is 59.1 Å². The molecular weight excluding hydrogens is 432 g/mol. The maximum atomic E-state index is 13.0. The Balaban J connectivity index is 1.50. The van der Waals surface area contributed by atoms with Gasteiger partial charge in [-0.1, -0.05) is 59.9 Å². The van der Waals surface area contributed by atoms with Gasteiger partial charge in [-0.3, -0.25) is 14.5 Å². The first-order valence-corrected chi connectivity index (χ1v) is 11.2. The Morgan fingerprint density at radius 3 is 2.61 bits per heavy atom. The molecule has 0 aromatic heterocycles. The summed E-state index contributed by atoms with van der Waals surface area (Å²) in [7, 11) is 0. The van der Waals surface area contributed by atoms with Crippen LogP contribution in [0.15, 0.2) is 53.4 Å². The summed E-state index contributed by atoms with van der Waals surface area (Å²) in [6, 6.07) is 15.0. The van der Waals surface area contributed by atoms with E-state index in [2.05, 4.69) is 0 Å². The van der Waals surface area contributed by atoms with E-state index in [1.807, 2.05) is 49.4 Å². The highest BCUT2D eigenvalue weighted by atomic mass is 32.2. The van der Waals surface area contributed by atoms with Crippen LogP contribution in [0.2, 0.25) is 0 Å². The average molecular weight is 455 g/mol. The van der Waals surface area contributed by atoms with Crippen molar-refractivity contribution in [3.05, 3.63) is 64.6 Å². The number of amides is 2. The van der Waals surface area contributed by atoms with Crippen LogP contribution in [0.4, 0.5) is 5.69 Å². The smallest absolute Gasteiger partial charge is 0.270 e. The van der Waals surface area contributed by atoms with E-state index >= 15 is 0 Å². The number of morpholine rings is 1. The first-order valence-electron chi connectivity index (χ1n) is 9.95. The zero-order chi connectivity index (χ0) is 21.8. The van der Waals surface area contributed by atoms with Crippen LogP contribution in [-0.2, 0) is 14.3 Å². The van der Waals surface area contributed by atoms with E-state index in [0.717, 1.165) is 16.8 Å². The van der Waals surface area contributed by atoms with Crippen molar-refractivity contribution in [3.8, 4) is 5.75 Å². The molecular formula is C23H22N2O4S2. The van der Waals surface area contributed by atoms with E-state index in [1.165, 1.54) is 16.7 Å². The Hall–Kier alpha value is -2.68. The van der Waals surface area contributed by atoms with Crippen LogP contribution >= 0.6 is 24.0 Å². The third kappa shape index (κ3) is 4.98. The molecule has 0 spiro atoms. The van der Waals surface area contributed by atoms with Gasteiger partial charge in [-0.25, -0.2) is 0 Å². The molecule has 0 N–H and O–H groups in total. The summed E-state index contributed by atoms with van der Waals surface area (Å²) in [6.45, 7) is 4.18. The normalized spacial score (nSPS) is 18.0. The highest BCUT2D eigenvalue weighted by Crippen LogP contribution is 2.37. The van der Waals surface area contributed by atoms with E-state index in [-0.39, 0.29) is 18.4 Å². The monoisotopic (exact) mass is 454 g/mol. The van der Waals surface area contributed by atoms with Crippen molar-refractivity contribution in [2.75, 3.05) is 37.8 Å². The lowest BCUT2D eigenvalue weighted by Crippen LogP contribution is -2.43. The minimum absolute atomic E-state index is 0.0603. The average Bonchev–Trinajstić information content (AvgIpc) is 3.07. The van der Waals surface area contributed by atoms with E-state index < -0.39 is 0 Å². The molecule has 2 aliphatic rings. The highest BCUT2D eigenvalue weighted by molar-refractivity contribution is 8.27. The largest absolute Gasteiger partial charge is 0.483 e. The van der Waals surface area contributed by atoms with Crippen molar-refractivity contribution in [3.63, 3.8) is 0 Å². The fraction of sp³-hybridized carbons (Fsp3) is 0.261. The summed E-state index contributed by atoms with van der Waals surface area (Å²) in [5.74, 6) is 0.298. The number of thioether (sulfide) groups is 1. The maximum absolute atomic E-state index is 13.0. The first kappa shape index (κ1) is 21.5. The number of nitrogens with zero attached hydrogens (tertiary/aromatic N) is 2. The number of thiocarbonyl (C=S) groups is 1. The van der Waals surface area contributed by atoms with Crippen molar-refractivity contribution in [1.29, 1.82) is 0 Å². The molecule has 2 heterocycles. The maximum Gasteiger partial charge on any atom is 0.270 e. The number of aryl methyl sites for hydroxylation is 1. The molecule has 0 unspecified atom stereocenters. The third-order valence-electron chi connectivity index (χ3n) is 5.01. The number of anilines is 1. The van der Waals surface area contributed by atoms with Gasteiger partial charge in [0.2, 0.25) is 0 Å². The lowest BCUT2D eigenvalue weighted by molar-refractivity contribution is -0.137. The van der Waals surface area contributed by atoms with Gasteiger partial charge < -0.3 is 14.4 Å². The molecule has 2 aromatic rings. The van der Waals surface area contributed by atoms with Crippen molar-refractivity contribution in [2.45, 2.75) is 6.92 Å². The van der Waals surface area contributed by atoms with E-state index in [4.69, 9.17) is 21.7 Å². The predicted octanol–water partition coefficient (Wildman–Crippen LogP) is 3.64. The van der Waals surface area contributed by atoms with E-state index in [0.29, 0.717) is 41.3 Å². The number of benzene rings is 2. The summed E-state index contributed by atoms with van der Waals surface area (Å²) < 4.78 is 11.6. The number of carbonyl (C=O) groups is 2. The summed E-state index contributed by atoms with van der Waals surface area (Å²) in [5.41, 5.74) is 2.58. The predicted molar refractivity (Wildman–Crippen MR) is 126 cm³/mol. The molecule has 2 fully saturated rings. The Bertz CT molecular complexity index is 1030. The number of hydrogen-bond acceptors (Lipinski definition) is 6. The zero-order valence-corrected chi connectivity index (χ0v) is 18.7. The molecule has 2 amide bonds. The van der Waals surface area contributed by atoms with Gasteiger partial charge in [0.15, 0.2) is 10.9 Å². The quantitative estimate of drug-likeness (QED) is 0.508. The molecule has 2 aromatic carbocycles. The molecule has 31 heavy (non-hydrogen) atoms. The number of rotatable bonds is 5. The van der Waals surface area contributed by atoms with Gasteiger partial charge in [0.25, 0.3) is 11.8 Å². The van der Waals surface area contributed by atoms with Crippen molar-refractivity contribution in [1.82, 2.24) is 4.90 Å². The molecule has 160 valence electrons. The van der Waals surface area contributed by atoms with Gasteiger partial charge in [-0.05, 0) is 31.2 Å². The Kier molecular flexibility index (Phi) is 6.70. The fourth-order valence-electron chi connectivity index (χ4n) is 3.30. The van der Waals surface area contributed by atoms with Crippen LogP contribution in [0.5, 0.6) is 5.75 Å². The van der Waals surface area contributed by atoms with Gasteiger partial charge in [0.1, 0.15) is 5.75 Å². The number of ether oxygens (including phenoxy) is 2. The van der Waals surface area contributed by atoms with Gasteiger partial charge in [-0.15, -0.1) is 0 Å². The van der Waals surface area contributed by atoms with Crippen LogP contribution in [0.3, 0.4) is 0 Å². The number of para-hydroxylation sites is 1. The molecule has 4 rings (SSSR count). The minimum Gasteiger partial charge on any atom is -0.483 e. The lowest BCUT2D eigenvalue weighted by atomic mass is 10.1. The van der Waals surface area contributed by atoms with Crippen molar-refractivity contribution in [2.24, 2.45) is 0 Å². The van der Waals surface area contributed by atoms with E-state index in [1.54, 1.807) is 17.0 Å². The van der Waals surface area contributed by atoms with Crippen LogP contribution in [0, 0.1) is 6.92 Å². The standard InChI is InChI=1S/C23H22N2O4S2/c1-16-6-8-18(9-7-16)25-22(27)20(31-23(25)30)14-17-4-2-3-5-19(17)29-15-21(26)24-10-12-28-13-11-24/h2-9,14H,10-13,15H2,1H3/b20-14-. The van der Waals surface area contributed by atoms with Crippen LogP contribution in [0.1, 0.15) is 11.1 Å². The highest BCUT2D eigenvalue weighted by Gasteiger charge is 2.33. The molecule has 8 heteroatoms. The van der Waals surface area contributed by atoms with E-state index in [9.17, 15) is 9.59 Å². The van der Waals surface area contributed by atoms with Crippen LogP contribution < -0.4 is 9.64 Å². The summed E-state index contributed by atoms with van der Waals surface area (Å²) in [6.07, 6.45) is 1.77.